The van der Waals surface area contributed by atoms with Gasteiger partial charge < -0.3 is 4.90 Å². The second-order valence-electron chi connectivity index (χ2n) is 4.93. The van der Waals surface area contributed by atoms with Gasteiger partial charge in [-0.25, -0.2) is 23.2 Å². The molecule has 0 saturated carbocycles. The van der Waals surface area contributed by atoms with E-state index < -0.39 is 12.1 Å². The Hall–Kier alpha value is -1.96. The van der Waals surface area contributed by atoms with Crippen LogP contribution in [-0.4, -0.2) is 27.9 Å². The van der Waals surface area contributed by atoms with Crippen molar-refractivity contribution in [1.82, 2.24) is 14.8 Å². The molecular formula is C13H14F2N4OS. The maximum Gasteiger partial charge on any atom is 0.347 e. The van der Waals surface area contributed by atoms with Gasteiger partial charge in [0.2, 0.25) is 4.77 Å². The molecule has 0 amide bonds. The van der Waals surface area contributed by atoms with Gasteiger partial charge in [0.1, 0.15) is 0 Å². The molecular weight excluding hydrogens is 298 g/mol. The average Bonchev–Trinajstić information content (AvgIpc) is 3.09. The molecule has 0 bridgehead atoms. The Bertz CT molecular complexity index is 731. The molecule has 0 radical (unpaired) electrons. The Kier molecular flexibility index (Phi) is 3.62. The normalized spacial score (nSPS) is 15.1. The number of hydrogen-bond donors (Lipinski definition) is 2. The van der Waals surface area contributed by atoms with Crippen molar-refractivity contribution >= 4 is 17.9 Å². The molecule has 0 aliphatic carbocycles. The number of nitrogens with zero attached hydrogens (tertiary/aromatic N) is 2. The zero-order chi connectivity index (χ0) is 15.0. The van der Waals surface area contributed by atoms with Crippen molar-refractivity contribution in [3.63, 3.8) is 0 Å². The molecule has 1 aromatic heterocycles. The van der Waals surface area contributed by atoms with Gasteiger partial charge in [-0.1, -0.05) is 0 Å². The molecule has 0 spiro atoms. The van der Waals surface area contributed by atoms with Crippen LogP contribution in [0.4, 0.5) is 14.5 Å². The monoisotopic (exact) mass is 312 g/mol. The molecule has 1 saturated heterocycles. The molecule has 1 aliphatic rings. The lowest BCUT2D eigenvalue weighted by molar-refractivity contribution is 0.151. The SMILES string of the molecule is O=c1[nH][nH]c(=S)n1-c1ccc(N2CCCC2)cc1C(F)F. The third kappa shape index (κ3) is 2.51. The van der Waals surface area contributed by atoms with E-state index in [1.807, 2.05) is 0 Å². The van der Waals surface area contributed by atoms with Crippen molar-refractivity contribution in [3.05, 3.63) is 39.0 Å². The maximum atomic E-state index is 13.4. The van der Waals surface area contributed by atoms with E-state index in [0.29, 0.717) is 0 Å². The molecule has 2 heterocycles. The zero-order valence-electron chi connectivity index (χ0n) is 11.1. The summed E-state index contributed by atoms with van der Waals surface area (Å²) in [6, 6.07) is 4.72. The Morgan fingerprint density at radius 3 is 2.48 bits per heavy atom. The van der Waals surface area contributed by atoms with Gasteiger partial charge in [-0.05, 0) is 43.3 Å². The first-order valence-electron chi connectivity index (χ1n) is 6.65. The molecule has 1 fully saturated rings. The number of nitrogens with one attached hydrogen (secondary N) is 2. The second-order valence-corrected chi connectivity index (χ2v) is 5.32. The largest absolute Gasteiger partial charge is 0.372 e. The zero-order valence-corrected chi connectivity index (χ0v) is 11.9. The molecule has 1 aliphatic heterocycles. The second kappa shape index (κ2) is 5.44. The highest BCUT2D eigenvalue weighted by molar-refractivity contribution is 7.71. The standard InChI is InChI=1S/C13H14F2N4OS/c14-11(15)9-7-8(18-5-1-2-6-18)3-4-10(9)19-12(20)16-17-13(19)21/h3-4,7,11H,1-2,5-6H2,(H,16,20)(H,17,21). The van der Waals surface area contributed by atoms with E-state index in [0.717, 1.165) is 36.2 Å². The summed E-state index contributed by atoms with van der Waals surface area (Å²) in [5.41, 5.74) is 0.113. The fraction of sp³-hybridized carbons (Fsp3) is 0.385. The number of alkyl halides is 2. The average molecular weight is 312 g/mol. The number of benzene rings is 1. The summed E-state index contributed by atoms with van der Waals surface area (Å²) < 4.78 is 27.8. The molecule has 0 atom stereocenters. The highest BCUT2D eigenvalue weighted by Crippen LogP contribution is 2.31. The fourth-order valence-electron chi connectivity index (χ4n) is 2.62. The lowest BCUT2D eigenvalue weighted by Gasteiger charge is -2.20. The lowest BCUT2D eigenvalue weighted by atomic mass is 10.1. The van der Waals surface area contributed by atoms with Crippen molar-refractivity contribution in [1.29, 1.82) is 0 Å². The van der Waals surface area contributed by atoms with E-state index in [9.17, 15) is 13.6 Å². The van der Waals surface area contributed by atoms with Crippen molar-refractivity contribution in [2.45, 2.75) is 19.3 Å². The Labute approximate surface area is 124 Å². The fourth-order valence-corrected chi connectivity index (χ4v) is 2.85. The molecule has 0 unspecified atom stereocenters. The van der Waals surface area contributed by atoms with Crippen LogP contribution >= 0.6 is 12.2 Å². The van der Waals surface area contributed by atoms with Gasteiger partial charge >= 0.3 is 5.69 Å². The van der Waals surface area contributed by atoms with Gasteiger partial charge in [-0.3, -0.25) is 5.10 Å². The third-order valence-electron chi connectivity index (χ3n) is 3.64. The molecule has 5 nitrogen and oxygen atoms in total. The van der Waals surface area contributed by atoms with E-state index in [1.54, 1.807) is 6.07 Å². The van der Waals surface area contributed by atoms with E-state index >= 15 is 0 Å². The highest BCUT2D eigenvalue weighted by atomic mass is 32.1. The number of anilines is 1. The third-order valence-corrected chi connectivity index (χ3v) is 3.93. The Balaban J connectivity index is 2.13. The molecule has 3 rings (SSSR count). The number of H-pyrrole nitrogens is 2. The van der Waals surface area contributed by atoms with Crippen LogP contribution in [0.25, 0.3) is 5.69 Å². The van der Waals surface area contributed by atoms with Gasteiger partial charge in [0, 0.05) is 24.3 Å². The minimum Gasteiger partial charge on any atom is -0.372 e. The molecule has 8 heteroatoms. The number of aromatic amines is 2. The van der Waals surface area contributed by atoms with Crippen molar-refractivity contribution < 1.29 is 8.78 Å². The van der Waals surface area contributed by atoms with Crippen LogP contribution in [0.1, 0.15) is 24.8 Å². The molecule has 2 aromatic rings. The van der Waals surface area contributed by atoms with Crippen LogP contribution in [0.15, 0.2) is 23.0 Å². The van der Waals surface area contributed by atoms with Crippen molar-refractivity contribution in [2.24, 2.45) is 0 Å². The van der Waals surface area contributed by atoms with Crippen LogP contribution in [0, 0.1) is 4.77 Å². The summed E-state index contributed by atoms with van der Waals surface area (Å²) in [4.78, 5) is 13.8. The van der Waals surface area contributed by atoms with Crippen molar-refractivity contribution in [2.75, 3.05) is 18.0 Å². The summed E-state index contributed by atoms with van der Waals surface area (Å²) in [6.07, 6.45) is -0.554. The first-order chi connectivity index (χ1) is 10.1. The Morgan fingerprint density at radius 2 is 1.90 bits per heavy atom. The first kappa shape index (κ1) is 14.0. The van der Waals surface area contributed by atoms with Gasteiger partial charge in [0.15, 0.2) is 0 Å². The predicted octanol–water partition coefficient (Wildman–Crippen LogP) is 2.76. The maximum absolute atomic E-state index is 13.4. The summed E-state index contributed by atoms with van der Waals surface area (Å²) in [5.74, 6) is 0. The van der Waals surface area contributed by atoms with Crippen molar-refractivity contribution in [3.8, 4) is 5.69 Å². The van der Waals surface area contributed by atoms with E-state index in [-0.39, 0.29) is 16.0 Å². The van der Waals surface area contributed by atoms with Crippen LogP contribution in [-0.2, 0) is 0 Å². The topological polar surface area (TPSA) is 56.8 Å². The molecule has 112 valence electrons. The minimum atomic E-state index is -2.68. The lowest BCUT2D eigenvalue weighted by Crippen LogP contribution is -2.20. The summed E-state index contributed by atoms with van der Waals surface area (Å²) in [6.45, 7) is 1.73. The van der Waals surface area contributed by atoms with Gasteiger partial charge in [-0.15, -0.1) is 0 Å². The van der Waals surface area contributed by atoms with Gasteiger partial charge in [0.05, 0.1) is 5.69 Å². The van der Waals surface area contributed by atoms with Crippen LogP contribution in [0.2, 0.25) is 0 Å². The summed E-state index contributed by atoms with van der Waals surface area (Å²) in [5, 5.41) is 4.75. The van der Waals surface area contributed by atoms with E-state index in [2.05, 4.69) is 15.1 Å². The molecule has 1 aromatic carbocycles. The molecule has 2 N–H and O–H groups in total. The summed E-state index contributed by atoms with van der Waals surface area (Å²) in [7, 11) is 0. The van der Waals surface area contributed by atoms with Crippen LogP contribution in [0.3, 0.4) is 0 Å². The van der Waals surface area contributed by atoms with E-state index in [1.165, 1.54) is 12.1 Å². The predicted molar refractivity (Wildman–Crippen MR) is 78.0 cm³/mol. The molecule has 21 heavy (non-hydrogen) atoms. The number of hydrogen-bond acceptors (Lipinski definition) is 3. The smallest absolute Gasteiger partial charge is 0.347 e. The van der Waals surface area contributed by atoms with Crippen LogP contribution < -0.4 is 10.6 Å². The number of rotatable bonds is 3. The van der Waals surface area contributed by atoms with Gasteiger partial charge in [-0.2, -0.15) is 0 Å². The van der Waals surface area contributed by atoms with Gasteiger partial charge in [0.25, 0.3) is 6.43 Å². The quantitative estimate of drug-likeness (QED) is 0.857. The minimum absolute atomic E-state index is 0.0656. The van der Waals surface area contributed by atoms with E-state index in [4.69, 9.17) is 12.2 Å². The Morgan fingerprint density at radius 1 is 1.19 bits per heavy atom. The summed E-state index contributed by atoms with van der Waals surface area (Å²) >= 11 is 4.96. The highest BCUT2D eigenvalue weighted by Gasteiger charge is 2.20. The first-order valence-corrected chi connectivity index (χ1v) is 7.06. The number of halogens is 2. The van der Waals surface area contributed by atoms with Crippen LogP contribution in [0.5, 0.6) is 0 Å². The number of aromatic nitrogens is 3.